The van der Waals surface area contributed by atoms with Crippen LogP contribution in [0.15, 0.2) is 6.07 Å². The van der Waals surface area contributed by atoms with Gasteiger partial charge in [0.1, 0.15) is 5.69 Å². The third-order valence-electron chi connectivity index (χ3n) is 1.76. The molecule has 5 nitrogen and oxygen atoms in total. The third kappa shape index (κ3) is 3.55. The molecule has 0 aliphatic carbocycles. The second-order valence-corrected chi connectivity index (χ2v) is 3.57. The average Bonchev–Trinajstić information content (AvgIpc) is 2.12. The number of nitro groups is 1. The van der Waals surface area contributed by atoms with E-state index in [1.165, 1.54) is 6.92 Å². The summed E-state index contributed by atoms with van der Waals surface area (Å²) in [4.78, 5) is 13.4. The zero-order valence-corrected chi connectivity index (χ0v) is 10.0. The number of alkyl halides is 4. The van der Waals surface area contributed by atoms with Crippen LogP contribution in [0.4, 0.5) is 18.9 Å². The normalized spacial score (nSPS) is 11.4. The Bertz CT molecular complexity index is 450. The molecule has 0 fully saturated rings. The second-order valence-electron chi connectivity index (χ2n) is 3.01. The van der Waals surface area contributed by atoms with Gasteiger partial charge in [-0.25, -0.2) is 4.98 Å². The van der Waals surface area contributed by atoms with Crippen molar-refractivity contribution in [3.8, 4) is 5.88 Å². The third-order valence-corrected chi connectivity index (χ3v) is 2.29. The van der Waals surface area contributed by atoms with Gasteiger partial charge in [0, 0.05) is 11.6 Å². The van der Waals surface area contributed by atoms with E-state index in [0.29, 0.717) is 0 Å². The van der Waals surface area contributed by atoms with E-state index in [0.717, 1.165) is 6.07 Å². The summed E-state index contributed by atoms with van der Waals surface area (Å²) in [6.45, 7) is 1.31. The monoisotopic (exact) mass is 314 g/mol. The molecule has 0 aromatic carbocycles. The minimum Gasteiger partial charge on any atom is -0.388 e. The van der Waals surface area contributed by atoms with Crippen molar-refractivity contribution >= 4 is 21.6 Å². The lowest BCUT2D eigenvalue weighted by molar-refractivity contribution is -0.386. The van der Waals surface area contributed by atoms with Gasteiger partial charge in [0.15, 0.2) is 0 Å². The van der Waals surface area contributed by atoms with Gasteiger partial charge < -0.3 is 4.74 Å². The second kappa shape index (κ2) is 4.86. The van der Waals surface area contributed by atoms with Crippen molar-refractivity contribution in [3.63, 3.8) is 0 Å². The van der Waals surface area contributed by atoms with Crippen molar-refractivity contribution in [2.75, 3.05) is 0 Å². The molecule has 0 spiro atoms. The molecule has 0 N–H and O–H groups in total. The van der Waals surface area contributed by atoms with E-state index < -0.39 is 17.2 Å². The molecule has 17 heavy (non-hydrogen) atoms. The molecule has 0 unspecified atom stereocenters. The van der Waals surface area contributed by atoms with E-state index >= 15 is 0 Å². The van der Waals surface area contributed by atoms with Gasteiger partial charge >= 0.3 is 6.36 Å². The molecule has 1 aromatic rings. The predicted molar refractivity (Wildman–Crippen MR) is 54.9 cm³/mol. The minimum absolute atomic E-state index is 0.0424. The highest BCUT2D eigenvalue weighted by atomic mass is 79.9. The lowest BCUT2D eigenvalue weighted by atomic mass is 10.2. The molecule has 0 bridgehead atoms. The van der Waals surface area contributed by atoms with E-state index in [1.54, 1.807) is 0 Å². The van der Waals surface area contributed by atoms with Crippen molar-refractivity contribution in [1.82, 2.24) is 4.98 Å². The van der Waals surface area contributed by atoms with Gasteiger partial charge in [0.05, 0.1) is 10.3 Å². The molecule has 0 saturated heterocycles. The lowest BCUT2D eigenvalue weighted by Crippen LogP contribution is -2.18. The summed E-state index contributed by atoms with van der Waals surface area (Å²) in [6, 6.07) is 0.873. The van der Waals surface area contributed by atoms with E-state index in [2.05, 4.69) is 25.7 Å². The Morgan fingerprint density at radius 3 is 2.59 bits per heavy atom. The summed E-state index contributed by atoms with van der Waals surface area (Å²) in [5, 5.41) is 10.6. The molecule has 0 aliphatic rings. The van der Waals surface area contributed by atoms with Crippen molar-refractivity contribution in [3.05, 3.63) is 27.4 Å². The van der Waals surface area contributed by atoms with E-state index in [9.17, 15) is 23.3 Å². The zero-order chi connectivity index (χ0) is 13.2. The van der Waals surface area contributed by atoms with Crippen molar-refractivity contribution in [1.29, 1.82) is 0 Å². The summed E-state index contributed by atoms with van der Waals surface area (Å²) in [6.07, 6.45) is -4.88. The van der Waals surface area contributed by atoms with Crippen LogP contribution in [0.3, 0.4) is 0 Å². The van der Waals surface area contributed by atoms with Gasteiger partial charge in [-0.2, -0.15) is 0 Å². The first-order chi connectivity index (χ1) is 7.74. The molecule has 1 heterocycles. The van der Waals surface area contributed by atoms with Gasteiger partial charge in [0.25, 0.3) is 5.69 Å². The fraction of sp³-hybridized carbons (Fsp3) is 0.375. The molecule has 0 amide bonds. The Kier molecular flexibility index (Phi) is 3.91. The topological polar surface area (TPSA) is 65.3 Å². The fourth-order valence-electron chi connectivity index (χ4n) is 1.21. The highest BCUT2D eigenvalue weighted by Crippen LogP contribution is 2.29. The Balaban J connectivity index is 3.23. The zero-order valence-electron chi connectivity index (χ0n) is 8.42. The van der Waals surface area contributed by atoms with E-state index in [4.69, 9.17) is 0 Å². The summed E-state index contributed by atoms with van der Waals surface area (Å²) in [7, 11) is 0. The Hall–Kier alpha value is -1.38. The summed E-state index contributed by atoms with van der Waals surface area (Å²) >= 11 is 2.92. The highest BCUT2D eigenvalue weighted by Gasteiger charge is 2.33. The minimum atomic E-state index is -4.88. The first kappa shape index (κ1) is 13.7. The van der Waals surface area contributed by atoms with Crippen LogP contribution >= 0.6 is 15.9 Å². The molecule has 1 rings (SSSR count). The van der Waals surface area contributed by atoms with Crippen LogP contribution < -0.4 is 4.74 Å². The molecule has 0 saturated carbocycles. The van der Waals surface area contributed by atoms with Gasteiger partial charge in [-0.15, -0.1) is 13.2 Å². The summed E-state index contributed by atoms with van der Waals surface area (Å²) in [5.41, 5.74) is -0.385. The van der Waals surface area contributed by atoms with Crippen molar-refractivity contribution in [2.45, 2.75) is 18.6 Å². The highest BCUT2D eigenvalue weighted by molar-refractivity contribution is 9.08. The van der Waals surface area contributed by atoms with Crippen LogP contribution in [0.5, 0.6) is 5.88 Å². The number of aryl methyl sites for hydroxylation is 1. The number of hydrogen-bond donors (Lipinski definition) is 0. The quantitative estimate of drug-likeness (QED) is 0.488. The van der Waals surface area contributed by atoms with Crippen molar-refractivity contribution in [2.24, 2.45) is 0 Å². The molecule has 9 heteroatoms. The van der Waals surface area contributed by atoms with Crippen LogP contribution in [-0.4, -0.2) is 16.3 Å². The van der Waals surface area contributed by atoms with Gasteiger partial charge in [-0.3, -0.25) is 10.1 Å². The largest absolute Gasteiger partial charge is 0.574 e. The molecular weight excluding hydrogens is 309 g/mol. The summed E-state index contributed by atoms with van der Waals surface area (Å²) in [5.74, 6) is -0.713. The van der Waals surface area contributed by atoms with Crippen LogP contribution in [0.1, 0.15) is 11.3 Å². The smallest absolute Gasteiger partial charge is 0.388 e. The van der Waals surface area contributed by atoms with E-state index in [-0.39, 0.29) is 22.3 Å². The first-order valence-electron chi connectivity index (χ1n) is 4.21. The number of rotatable bonds is 3. The maximum absolute atomic E-state index is 12.0. The molecule has 0 atom stereocenters. The number of ether oxygens (including phenoxy) is 1. The van der Waals surface area contributed by atoms with Crippen LogP contribution in [0.25, 0.3) is 0 Å². The summed E-state index contributed by atoms with van der Waals surface area (Å²) < 4.78 is 39.5. The Morgan fingerprint density at radius 2 is 2.18 bits per heavy atom. The van der Waals surface area contributed by atoms with Crippen LogP contribution in [0, 0.1) is 17.0 Å². The fourth-order valence-corrected chi connectivity index (χ4v) is 1.60. The maximum Gasteiger partial charge on any atom is 0.574 e. The number of nitrogens with zero attached hydrogens (tertiary/aromatic N) is 2. The standard InChI is InChI=1S/C8H6BrF3N2O3/c1-4-2-6(17-8(10,11)12)13-5(3-9)7(4)14(15)16/h2H,3H2,1H3. The van der Waals surface area contributed by atoms with E-state index in [1.807, 2.05) is 0 Å². The number of halogens is 4. The van der Waals surface area contributed by atoms with Gasteiger partial charge in [0.2, 0.25) is 5.88 Å². The lowest BCUT2D eigenvalue weighted by Gasteiger charge is -2.10. The number of hydrogen-bond acceptors (Lipinski definition) is 4. The molecule has 1 aromatic heterocycles. The Labute approximate surface area is 102 Å². The van der Waals surface area contributed by atoms with Crippen LogP contribution in [-0.2, 0) is 5.33 Å². The molecule has 0 aliphatic heterocycles. The van der Waals surface area contributed by atoms with Crippen LogP contribution in [0.2, 0.25) is 0 Å². The molecular formula is C8H6BrF3N2O3. The SMILES string of the molecule is Cc1cc(OC(F)(F)F)nc(CBr)c1[N+](=O)[O-]. The Morgan fingerprint density at radius 1 is 1.59 bits per heavy atom. The molecule has 0 radical (unpaired) electrons. The van der Waals surface area contributed by atoms with Gasteiger partial charge in [-0.05, 0) is 6.92 Å². The number of pyridine rings is 1. The average molecular weight is 315 g/mol. The maximum atomic E-state index is 12.0. The van der Waals surface area contributed by atoms with Gasteiger partial charge in [-0.1, -0.05) is 15.9 Å². The number of aromatic nitrogens is 1. The van der Waals surface area contributed by atoms with Crippen molar-refractivity contribution < 1.29 is 22.8 Å². The molecule has 94 valence electrons. The first-order valence-corrected chi connectivity index (χ1v) is 5.33. The predicted octanol–water partition coefficient (Wildman–Crippen LogP) is 3.09.